The highest BCUT2D eigenvalue weighted by Crippen LogP contribution is 2.08. The first-order valence-corrected chi connectivity index (χ1v) is 22.9. The Bertz CT molecular complexity index is 1470. The standard InChI is InChI=1S/C37H71N13O10.C5H12/c1-7-9-28(52)45-23(10-14-38)32(55)43-19-29(53)46-24(11-15-39)33(56)44-21(5)31(54)49-27(18-20(3)4)36(59)48-25(12-16-40)34(57)47-26(13-17-41)35(58)50-30(22(6)51)37(60)42-8-2;1-3-5-4-2/h20-27,30,51H,7-19,38-41H2,1-6H3,(H,42,60)(H,43,55)(H,44,56)(H,45,52)(H,46,53)(H,47,57)(H,48,59)(H,49,54)(H,50,58);3-5H2,1-2H3/t21-,22-,23+,24+,25+,26+,27+,30+;/m1./s1. The molecule has 65 heavy (non-hydrogen) atoms. The van der Waals surface area contributed by atoms with Gasteiger partial charge in [0.2, 0.25) is 53.2 Å². The SMILES string of the molecule is CCCC(=O)N[C@@H](CCN)C(=O)NCC(=O)N[C@@H](CCN)C(=O)N[C@H](C)C(=O)N[C@@H](CC(C)C)C(=O)N[C@@H](CCN)C(=O)N[C@@H](CCN)C(=O)N[C@H](C(=O)NCC)[C@@H](C)O.CCCCC. The Morgan fingerprint density at radius 3 is 1.29 bits per heavy atom. The van der Waals surface area contributed by atoms with Crippen molar-refractivity contribution < 1.29 is 48.3 Å². The number of carbonyl (C=O) groups excluding carboxylic acids is 9. The second-order valence-corrected chi connectivity index (χ2v) is 16.0. The molecular weight excluding hydrogens is 847 g/mol. The molecule has 0 radical (unpaired) electrons. The van der Waals surface area contributed by atoms with E-state index in [9.17, 15) is 48.3 Å². The molecule has 0 heterocycles. The number of carbonyl (C=O) groups is 9. The van der Waals surface area contributed by atoms with E-state index in [-0.39, 0.29) is 83.1 Å². The van der Waals surface area contributed by atoms with E-state index in [1.807, 2.05) is 0 Å². The second kappa shape index (κ2) is 36.3. The summed E-state index contributed by atoms with van der Waals surface area (Å²) in [7, 11) is 0. The molecule has 0 aliphatic carbocycles. The fourth-order valence-corrected chi connectivity index (χ4v) is 5.99. The molecular formula is C42H83N13O10. The molecule has 0 fully saturated rings. The highest BCUT2D eigenvalue weighted by molar-refractivity contribution is 5.97. The number of rotatable bonds is 32. The molecule has 0 spiro atoms. The van der Waals surface area contributed by atoms with Crippen LogP contribution in [-0.2, 0) is 43.2 Å². The molecule has 23 nitrogen and oxygen atoms in total. The van der Waals surface area contributed by atoms with Gasteiger partial charge in [0.05, 0.1) is 12.6 Å². The zero-order chi connectivity index (χ0) is 50.1. The van der Waals surface area contributed by atoms with Crippen LogP contribution in [0.2, 0.25) is 0 Å². The topological polar surface area (TPSA) is 386 Å². The average Bonchev–Trinajstić information content (AvgIpc) is 3.23. The summed E-state index contributed by atoms with van der Waals surface area (Å²) in [6.45, 7) is 13.8. The van der Waals surface area contributed by atoms with Gasteiger partial charge in [-0.2, -0.15) is 0 Å². The van der Waals surface area contributed by atoms with Crippen molar-refractivity contribution in [3.05, 3.63) is 0 Å². The summed E-state index contributed by atoms with van der Waals surface area (Å²) in [4.78, 5) is 117. The molecule has 0 aliphatic heterocycles. The average molecular weight is 930 g/mol. The predicted octanol–water partition coefficient (Wildman–Crippen LogP) is -3.53. The number of aliphatic hydroxyl groups is 1. The lowest BCUT2D eigenvalue weighted by molar-refractivity contribution is -0.136. The number of aliphatic hydroxyl groups excluding tert-OH is 1. The fourth-order valence-electron chi connectivity index (χ4n) is 5.99. The second-order valence-electron chi connectivity index (χ2n) is 16.0. The maximum Gasteiger partial charge on any atom is 0.245 e. The first-order chi connectivity index (χ1) is 30.7. The number of hydrogen-bond donors (Lipinski definition) is 14. The van der Waals surface area contributed by atoms with Gasteiger partial charge >= 0.3 is 0 Å². The lowest BCUT2D eigenvalue weighted by Gasteiger charge is -2.28. The van der Waals surface area contributed by atoms with E-state index < -0.39 is 102 Å². The van der Waals surface area contributed by atoms with Gasteiger partial charge in [0.1, 0.15) is 42.3 Å². The molecule has 0 rings (SSSR count). The summed E-state index contributed by atoms with van der Waals surface area (Å²) in [6.07, 6.45) is 3.67. The predicted molar refractivity (Wildman–Crippen MR) is 247 cm³/mol. The first-order valence-electron chi connectivity index (χ1n) is 22.9. The van der Waals surface area contributed by atoms with Crippen molar-refractivity contribution in [1.82, 2.24) is 47.9 Å². The lowest BCUT2D eigenvalue weighted by atomic mass is 10.0. The molecule has 18 N–H and O–H groups in total. The normalized spacial score (nSPS) is 14.5. The van der Waals surface area contributed by atoms with Crippen LogP contribution in [0.5, 0.6) is 0 Å². The van der Waals surface area contributed by atoms with Crippen LogP contribution in [0.15, 0.2) is 0 Å². The third kappa shape index (κ3) is 27.2. The van der Waals surface area contributed by atoms with E-state index in [0.29, 0.717) is 6.42 Å². The van der Waals surface area contributed by atoms with Crippen molar-refractivity contribution in [3.63, 3.8) is 0 Å². The van der Waals surface area contributed by atoms with Crippen molar-refractivity contribution in [2.45, 2.75) is 168 Å². The maximum atomic E-state index is 13.6. The van der Waals surface area contributed by atoms with Crippen molar-refractivity contribution in [3.8, 4) is 0 Å². The molecule has 376 valence electrons. The van der Waals surface area contributed by atoms with Crippen LogP contribution in [0, 0.1) is 5.92 Å². The fraction of sp³-hybridized carbons (Fsp3) is 0.786. The molecule has 0 aromatic rings. The Hall–Kier alpha value is -4.97. The number of likely N-dealkylation sites (N-methyl/N-ethyl adjacent to an activating group) is 1. The molecule has 0 bridgehead atoms. The van der Waals surface area contributed by atoms with Crippen LogP contribution >= 0.6 is 0 Å². The minimum absolute atomic E-state index is 0.0301. The van der Waals surface area contributed by atoms with Gasteiger partial charge in [-0.05, 0) is 91.4 Å². The Morgan fingerprint density at radius 2 is 0.877 bits per heavy atom. The highest BCUT2D eigenvalue weighted by Gasteiger charge is 2.33. The third-order valence-electron chi connectivity index (χ3n) is 9.50. The minimum atomic E-state index is -1.32. The van der Waals surface area contributed by atoms with Crippen LogP contribution in [0.3, 0.4) is 0 Å². The van der Waals surface area contributed by atoms with E-state index >= 15 is 0 Å². The Labute approximate surface area is 384 Å². The molecule has 0 saturated heterocycles. The van der Waals surface area contributed by atoms with Gasteiger partial charge in [0, 0.05) is 13.0 Å². The number of unbranched alkanes of at least 4 members (excludes halogenated alkanes) is 2. The van der Waals surface area contributed by atoms with Gasteiger partial charge in [-0.3, -0.25) is 43.2 Å². The van der Waals surface area contributed by atoms with Crippen molar-refractivity contribution in [1.29, 1.82) is 0 Å². The maximum absolute atomic E-state index is 13.6. The van der Waals surface area contributed by atoms with Gasteiger partial charge in [0.25, 0.3) is 0 Å². The van der Waals surface area contributed by atoms with Gasteiger partial charge in [-0.1, -0.05) is 53.9 Å². The quantitative estimate of drug-likeness (QED) is 0.0311. The smallest absolute Gasteiger partial charge is 0.245 e. The van der Waals surface area contributed by atoms with Crippen LogP contribution in [0.4, 0.5) is 0 Å². The molecule has 8 atom stereocenters. The van der Waals surface area contributed by atoms with Crippen LogP contribution in [-0.4, -0.2) is 146 Å². The van der Waals surface area contributed by atoms with Crippen molar-refractivity contribution in [2.75, 3.05) is 39.3 Å². The third-order valence-corrected chi connectivity index (χ3v) is 9.50. The minimum Gasteiger partial charge on any atom is -0.391 e. The molecule has 0 aromatic heterocycles. The molecule has 9 amide bonds. The van der Waals surface area contributed by atoms with Crippen LogP contribution in [0.25, 0.3) is 0 Å². The Morgan fingerprint density at radius 1 is 0.462 bits per heavy atom. The molecule has 0 unspecified atom stereocenters. The zero-order valence-corrected chi connectivity index (χ0v) is 39.9. The summed E-state index contributed by atoms with van der Waals surface area (Å²) in [5.41, 5.74) is 22.7. The zero-order valence-electron chi connectivity index (χ0n) is 39.9. The summed E-state index contributed by atoms with van der Waals surface area (Å²) in [5.74, 6) is -6.42. The number of hydrogen-bond acceptors (Lipinski definition) is 14. The molecule has 23 heteroatoms. The summed E-state index contributed by atoms with van der Waals surface area (Å²) in [6, 6.07) is -8.44. The Kier molecular flexibility index (Phi) is 34.7. The first kappa shape index (κ1) is 62.1. The Balaban J connectivity index is 0. The highest BCUT2D eigenvalue weighted by atomic mass is 16.3. The lowest BCUT2D eigenvalue weighted by Crippen LogP contribution is -2.60. The number of amides is 9. The summed E-state index contributed by atoms with van der Waals surface area (Å²) < 4.78 is 0. The largest absolute Gasteiger partial charge is 0.391 e. The number of nitrogens with one attached hydrogen (secondary N) is 9. The van der Waals surface area contributed by atoms with Gasteiger partial charge in [-0.25, -0.2) is 0 Å². The van der Waals surface area contributed by atoms with E-state index in [1.54, 1.807) is 27.7 Å². The monoisotopic (exact) mass is 930 g/mol. The van der Waals surface area contributed by atoms with Crippen molar-refractivity contribution >= 4 is 53.2 Å². The van der Waals surface area contributed by atoms with Crippen molar-refractivity contribution in [2.24, 2.45) is 28.9 Å². The van der Waals surface area contributed by atoms with E-state index in [0.717, 1.165) is 0 Å². The van der Waals surface area contributed by atoms with Crippen LogP contribution in [0.1, 0.15) is 120 Å². The van der Waals surface area contributed by atoms with Gasteiger partial charge in [0.15, 0.2) is 0 Å². The summed E-state index contributed by atoms with van der Waals surface area (Å²) >= 11 is 0. The van der Waals surface area contributed by atoms with E-state index in [1.165, 1.54) is 33.1 Å². The van der Waals surface area contributed by atoms with Gasteiger partial charge in [-0.15, -0.1) is 0 Å². The van der Waals surface area contributed by atoms with Gasteiger partial charge < -0.3 is 75.9 Å². The van der Waals surface area contributed by atoms with E-state index in [4.69, 9.17) is 22.9 Å². The molecule has 0 aliphatic rings. The number of nitrogens with two attached hydrogens (primary N) is 4. The van der Waals surface area contributed by atoms with Crippen LogP contribution < -0.4 is 70.8 Å². The molecule has 0 saturated carbocycles. The molecule has 0 aromatic carbocycles. The van der Waals surface area contributed by atoms with E-state index in [2.05, 4.69) is 61.7 Å². The summed E-state index contributed by atoms with van der Waals surface area (Å²) in [5, 5.41) is 32.6.